The lowest BCUT2D eigenvalue weighted by Crippen LogP contribution is -2.39. The molecular weight excluding hydrogens is 333 g/mol. The first kappa shape index (κ1) is 16.8. The molecule has 128 valence electrons. The van der Waals surface area contributed by atoms with Crippen molar-refractivity contribution in [2.75, 3.05) is 0 Å². The van der Waals surface area contributed by atoms with Crippen LogP contribution in [0.15, 0.2) is 47.6 Å². The van der Waals surface area contributed by atoms with Crippen molar-refractivity contribution in [3.05, 3.63) is 48.5 Å². The van der Waals surface area contributed by atoms with Crippen LogP contribution in [0.4, 0.5) is 4.39 Å². The number of aromatic nitrogens is 2. The number of benzene rings is 1. The van der Waals surface area contributed by atoms with Gasteiger partial charge in [-0.1, -0.05) is 18.2 Å². The summed E-state index contributed by atoms with van der Waals surface area (Å²) in [5, 5.41) is 0. The molecule has 0 bridgehead atoms. The lowest BCUT2D eigenvalue weighted by molar-refractivity contribution is 0.132. The van der Waals surface area contributed by atoms with Gasteiger partial charge in [-0.3, -0.25) is 0 Å². The Morgan fingerprint density at radius 2 is 1.67 bits per heavy atom. The predicted molar refractivity (Wildman–Crippen MR) is 85.4 cm³/mol. The Labute approximate surface area is 140 Å². The Kier molecular flexibility index (Phi) is 5.06. The van der Waals surface area contributed by atoms with Crippen molar-refractivity contribution in [1.29, 1.82) is 0 Å². The van der Waals surface area contributed by atoms with Crippen molar-refractivity contribution < 1.29 is 17.5 Å². The maximum atomic E-state index is 12.8. The van der Waals surface area contributed by atoms with Crippen LogP contribution in [0.1, 0.15) is 25.7 Å². The predicted octanol–water partition coefficient (Wildman–Crippen LogP) is 2.28. The van der Waals surface area contributed by atoms with Gasteiger partial charge >= 0.3 is 6.01 Å². The smallest absolute Gasteiger partial charge is 0.316 e. The molecule has 0 amide bonds. The fourth-order valence-electron chi connectivity index (χ4n) is 2.70. The maximum absolute atomic E-state index is 12.8. The number of hydrogen-bond acceptors (Lipinski definition) is 5. The molecule has 0 atom stereocenters. The van der Waals surface area contributed by atoms with Crippen LogP contribution in [0.3, 0.4) is 0 Å². The Bertz CT molecular complexity index is 761. The molecule has 0 spiro atoms. The van der Waals surface area contributed by atoms with Gasteiger partial charge in [-0.25, -0.2) is 27.5 Å². The molecule has 1 aliphatic rings. The summed E-state index contributed by atoms with van der Waals surface area (Å²) < 4.78 is 45.7. The van der Waals surface area contributed by atoms with Crippen LogP contribution in [0, 0.1) is 5.82 Å². The van der Waals surface area contributed by atoms with Crippen molar-refractivity contribution >= 4 is 10.0 Å². The van der Waals surface area contributed by atoms with Crippen molar-refractivity contribution in [3.63, 3.8) is 0 Å². The van der Waals surface area contributed by atoms with Gasteiger partial charge in [-0.15, -0.1) is 0 Å². The summed E-state index contributed by atoms with van der Waals surface area (Å²) in [6.07, 6.45) is 4.72. The number of ether oxygens (including phenoxy) is 1. The van der Waals surface area contributed by atoms with E-state index < -0.39 is 15.8 Å². The highest BCUT2D eigenvalue weighted by Crippen LogP contribution is 2.23. The molecule has 0 saturated heterocycles. The third kappa shape index (κ3) is 4.27. The van der Waals surface area contributed by atoms with E-state index >= 15 is 0 Å². The van der Waals surface area contributed by atoms with Gasteiger partial charge in [0.15, 0.2) is 5.82 Å². The zero-order valence-corrected chi connectivity index (χ0v) is 13.7. The SMILES string of the molecule is O=S(=O)(NC1CCC(Oc2ncc(F)cn2)CC1)c1ccccc1. The van der Waals surface area contributed by atoms with Crippen LogP contribution >= 0.6 is 0 Å². The third-order valence-electron chi connectivity index (χ3n) is 3.92. The van der Waals surface area contributed by atoms with Crippen LogP contribution < -0.4 is 9.46 Å². The molecule has 0 unspecified atom stereocenters. The van der Waals surface area contributed by atoms with Gasteiger partial charge in [-0.05, 0) is 37.8 Å². The monoisotopic (exact) mass is 351 g/mol. The summed E-state index contributed by atoms with van der Waals surface area (Å²) >= 11 is 0. The summed E-state index contributed by atoms with van der Waals surface area (Å²) in [4.78, 5) is 7.81. The molecule has 1 heterocycles. The molecule has 24 heavy (non-hydrogen) atoms. The largest absolute Gasteiger partial charge is 0.460 e. The number of sulfonamides is 1. The Balaban J connectivity index is 1.53. The molecule has 1 N–H and O–H groups in total. The molecule has 6 nitrogen and oxygen atoms in total. The zero-order chi connectivity index (χ0) is 17.0. The number of hydrogen-bond donors (Lipinski definition) is 1. The average molecular weight is 351 g/mol. The van der Waals surface area contributed by atoms with Gasteiger partial charge in [0.1, 0.15) is 6.10 Å². The maximum Gasteiger partial charge on any atom is 0.316 e. The molecule has 1 aromatic heterocycles. The summed E-state index contributed by atoms with van der Waals surface area (Å²) in [7, 11) is -3.50. The van der Waals surface area contributed by atoms with E-state index in [1.54, 1.807) is 30.3 Å². The minimum atomic E-state index is -3.50. The second-order valence-corrected chi connectivity index (χ2v) is 7.42. The van der Waals surface area contributed by atoms with Crippen LogP contribution in [0.2, 0.25) is 0 Å². The van der Waals surface area contributed by atoms with Crippen LogP contribution in [-0.4, -0.2) is 30.5 Å². The van der Waals surface area contributed by atoms with Crippen molar-refractivity contribution in [2.45, 2.75) is 42.7 Å². The number of nitrogens with zero attached hydrogens (tertiary/aromatic N) is 2. The lowest BCUT2D eigenvalue weighted by Gasteiger charge is -2.28. The van der Waals surface area contributed by atoms with E-state index in [4.69, 9.17) is 4.74 Å². The second-order valence-electron chi connectivity index (χ2n) is 5.71. The Morgan fingerprint density at radius 3 is 2.29 bits per heavy atom. The topological polar surface area (TPSA) is 81.2 Å². The van der Waals surface area contributed by atoms with E-state index in [2.05, 4.69) is 14.7 Å². The molecule has 0 aliphatic heterocycles. The van der Waals surface area contributed by atoms with E-state index in [1.165, 1.54) is 0 Å². The standard InChI is InChI=1S/C16H18FN3O3S/c17-12-10-18-16(19-11-12)23-14-8-6-13(7-9-14)20-24(21,22)15-4-2-1-3-5-15/h1-5,10-11,13-14,20H,6-9H2. The van der Waals surface area contributed by atoms with E-state index in [-0.39, 0.29) is 23.1 Å². The summed E-state index contributed by atoms with van der Waals surface area (Å²) in [5.41, 5.74) is 0. The molecule has 0 radical (unpaired) electrons. The van der Waals surface area contributed by atoms with E-state index in [0.717, 1.165) is 12.4 Å². The molecule has 1 saturated carbocycles. The minimum Gasteiger partial charge on any atom is -0.460 e. The number of rotatable bonds is 5. The summed E-state index contributed by atoms with van der Waals surface area (Å²) in [6, 6.07) is 8.34. The number of nitrogens with one attached hydrogen (secondary N) is 1. The minimum absolute atomic E-state index is 0.0899. The first-order valence-electron chi connectivity index (χ1n) is 7.74. The van der Waals surface area contributed by atoms with E-state index in [9.17, 15) is 12.8 Å². The van der Waals surface area contributed by atoms with Crippen molar-refractivity contribution in [3.8, 4) is 6.01 Å². The highest BCUT2D eigenvalue weighted by Gasteiger charge is 2.27. The highest BCUT2D eigenvalue weighted by atomic mass is 32.2. The van der Waals surface area contributed by atoms with Crippen LogP contribution in [0.25, 0.3) is 0 Å². The molecule has 1 aromatic carbocycles. The number of halogens is 1. The second kappa shape index (κ2) is 7.23. The Hall–Kier alpha value is -2.06. The van der Waals surface area contributed by atoms with Gasteiger partial charge in [0.2, 0.25) is 10.0 Å². The summed E-state index contributed by atoms with van der Waals surface area (Å²) in [5.74, 6) is -0.513. The zero-order valence-electron chi connectivity index (χ0n) is 12.9. The quantitative estimate of drug-likeness (QED) is 0.894. The fraction of sp³-hybridized carbons (Fsp3) is 0.375. The van der Waals surface area contributed by atoms with Gasteiger partial charge < -0.3 is 4.74 Å². The van der Waals surface area contributed by atoms with Crippen LogP contribution in [-0.2, 0) is 10.0 Å². The van der Waals surface area contributed by atoms with Crippen molar-refractivity contribution in [1.82, 2.24) is 14.7 Å². The first-order chi connectivity index (χ1) is 11.5. The van der Waals surface area contributed by atoms with E-state index in [0.29, 0.717) is 25.7 Å². The third-order valence-corrected chi connectivity index (χ3v) is 5.45. The average Bonchev–Trinajstić information content (AvgIpc) is 2.59. The highest BCUT2D eigenvalue weighted by molar-refractivity contribution is 7.89. The molecule has 8 heteroatoms. The fourth-order valence-corrected chi connectivity index (χ4v) is 4.02. The summed E-state index contributed by atoms with van der Waals surface area (Å²) in [6.45, 7) is 0. The van der Waals surface area contributed by atoms with Gasteiger partial charge in [0, 0.05) is 6.04 Å². The Morgan fingerprint density at radius 1 is 1.04 bits per heavy atom. The van der Waals surface area contributed by atoms with Gasteiger partial charge in [-0.2, -0.15) is 0 Å². The molecular formula is C16H18FN3O3S. The molecule has 1 aliphatic carbocycles. The molecule has 3 rings (SSSR count). The normalized spacial score (nSPS) is 21.4. The lowest BCUT2D eigenvalue weighted by atomic mass is 9.94. The van der Waals surface area contributed by atoms with Gasteiger partial charge in [0.05, 0.1) is 17.3 Å². The molecule has 2 aromatic rings. The first-order valence-corrected chi connectivity index (χ1v) is 9.23. The van der Waals surface area contributed by atoms with Crippen molar-refractivity contribution in [2.24, 2.45) is 0 Å². The van der Waals surface area contributed by atoms with Gasteiger partial charge in [0.25, 0.3) is 0 Å². The van der Waals surface area contributed by atoms with E-state index in [1.807, 2.05) is 0 Å². The van der Waals surface area contributed by atoms with Crippen LogP contribution in [0.5, 0.6) is 6.01 Å². The molecule has 1 fully saturated rings.